The van der Waals surface area contributed by atoms with E-state index in [-0.39, 0.29) is 6.04 Å². The van der Waals surface area contributed by atoms with Crippen molar-refractivity contribution in [2.24, 2.45) is 0 Å². The van der Waals surface area contributed by atoms with E-state index in [4.69, 9.17) is 0 Å². The zero-order valence-electron chi connectivity index (χ0n) is 10.0. The first-order valence-electron chi connectivity index (χ1n) is 5.74. The van der Waals surface area contributed by atoms with Crippen LogP contribution in [0.15, 0.2) is 0 Å². The summed E-state index contributed by atoms with van der Waals surface area (Å²) < 4.78 is 37.5. The summed E-state index contributed by atoms with van der Waals surface area (Å²) in [7, 11) is 1.33. The van der Waals surface area contributed by atoms with Crippen molar-refractivity contribution in [3.05, 3.63) is 0 Å². The summed E-state index contributed by atoms with van der Waals surface area (Å²) in [5.74, 6) is -1.27. The molecule has 0 radical (unpaired) electrons. The van der Waals surface area contributed by atoms with Gasteiger partial charge in [-0.25, -0.2) is 0 Å². The monoisotopic (exact) mass is 253 g/mol. The Morgan fingerprint density at radius 1 is 1.24 bits per heavy atom. The Balaban J connectivity index is 2.74. The summed E-state index contributed by atoms with van der Waals surface area (Å²) >= 11 is 0. The quantitative estimate of drug-likeness (QED) is 0.818. The van der Waals surface area contributed by atoms with Crippen LogP contribution >= 0.6 is 0 Å². The van der Waals surface area contributed by atoms with E-state index in [9.17, 15) is 23.1 Å². The minimum atomic E-state index is -4.94. The van der Waals surface area contributed by atoms with Crippen LogP contribution in [0.1, 0.15) is 39.0 Å². The lowest BCUT2D eigenvalue weighted by atomic mass is 9.93. The number of hydrogen-bond acceptors (Lipinski definition) is 2. The van der Waals surface area contributed by atoms with Crippen LogP contribution in [0.3, 0.4) is 0 Å². The van der Waals surface area contributed by atoms with E-state index in [2.05, 4.69) is 0 Å². The van der Waals surface area contributed by atoms with E-state index in [1.54, 1.807) is 0 Å². The molecule has 1 saturated carbocycles. The molecule has 0 saturated heterocycles. The summed E-state index contributed by atoms with van der Waals surface area (Å²) in [5.41, 5.74) is -3.29. The maximum Gasteiger partial charge on any atom is 0.426 e. The van der Waals surface area contributed by atoms with Crippen molar-refractivity contribution in [1.29, 1.82) is 0 Å². The zero-order chi connectivity index (χ0) is 13.3. The summed E-state index contributed by atoms with van der Waals surface area (Å²) in [6.45, 7) is 0.509. The third kappa shape index (κ3) is 2.91. The third-order valence-electron chi connectivity index (χ3n) is 3.41. The maximum absolute atomic E-state index is 12.5. The number of alkyl halides is 3. The van der Waals surface area contributed by atoms with Crippen LogP contribution < -0.4 is 0 Å². The molecule has 1 fully saturated rings. The lowest BCUT2D eigenvalue weighted by Crippen LogP contribution is -2.57. The number of aliphatic hydroxyl groups is 1. The van der Waals surface area contributed by atoms with E-state index in [1.165, 1.54) is 7.05 Å². The van der Waals surface area contributed by atoms with Gasteiger partial charge in [-0.3, -0.25) is 4.79 Å². The molecule has 0 spiro atoms. The van der Waals surface area contributed by atoms with Gasteiger partial charge in [0.15, 0.2) is 0 Å². The Morgan fingerprint density at radius 2 is 1.71 bits per heavy atom. The van der Waals surface area contributed by atoms with Crippen molar-refractivity contribution < 1.29 is 23.1 Å². The molecule has 1 atom stereocenters. The van der Waals surface area contributed by atoms with Gasteiger partial charge in [-0.05, 0) is 19.8 Å². The number of amides is 1. The van der Waals surface area contributed by atoms with E-state index < -0.39 is 17.7 Å². The molecule has 1 unspecified atom stereocenters. The molecule has 0 heterocycles. The Bertz CT molecular complexity index is 283. The van der Waals surface area contributed by atoms with Crippen LogP contribution in [-0.2, 0) is 4.79 Å². The van der Waals surface area contributed by atoms with Crippen LogP contribution in [0, 0.1) is 0 Å². The molecule has 100 valence electrons. The molecule has 1 rings (SSSR count). The number of carbonyl (C=O) groups is 1. The highest BCUT2D eigenvalue weighted by atomic mass is 19.4. The minimum Gasteiger partial charge on any atom is -0.373 e. The van der Waals surface area contributed by atoms with Gasteiger partial charge in [-0.15, -0.1) is 0 Å². The van der Waals surface area contributed by atoms with Crippen LogP contribution in [-0.4, -0.2) is 40.8 Å². The maximum atomic E-state index is 12.5. The van der Waals surface area contributed by atoms with Gasteiger partial charge in [0.05, 0.1) is 0 Å². The van der Waals surface area contributed by atoms with Gasteiger partial charge in [-0.2, -0.15) is 13.2 Å². The van der Waals surface area contributed by atoms with Crippen LogP contribution in [0.4, 0.5) is 13.2 Å². The second-order valence-corrected chi connectivity index (χ2v) is 4.78. The molecule has 1 aliphatic carbocycles. The average molecular weight is 253 g/mol. The van der Waals surface area contributed by atoms with E-state index in [0.29, 0.717) is 19.8 Å². The van der Waals surface area contributed by atoms with Gasteiger partial charge < -0.3 is 10.0 Å². The molecule has 0 aromatic rings. The Morgan fingerprint density at radius 3 is 2.12 bits per heavy atom. The standard InChI is InChI=1S/C11H18F3NO2/c1-10(17,11(12,13)14)9(16)15(2)8-6-4-3-5-7-8/h8,17H,3-7H2,1-2H3. The normalized spacial score (nSPS) is 22.0. The molecule has 0 bridgehead atoms. The highest BCUT2D eigenvalue weighted by Crippen LogP contribution is 2.33. The summed E-state index contributed by atoms with van der Waals surface area (Å²) in [4.78, 5) is 12.7. The van der Waals surface area contributed by atoms with Gasteiger partial charge in [0.2, 0.25) is 5.60 Å². The molecule has 1 N–H and O–H groups in total. The number of carbonyl (C=O) groups excluding carboxylic acids is 1. The molecule has 3 nitrogen and oxygen atoms in total. The van der Waals surface area contributed by atoms with Gasteiger partial charge >= 0.3 is 6.18 Å². The van der Waals surface area contributed by atoms with Crippen molar-refractivity contribution in [3.63, 3.8) is 0 Å². The number of rotatable bonds is 2. The fourth-order valence-electron chi connectivity index (χ4n) is 2.10. The first-order chi connectivity index (χ1) is 7.68. The number of likely N-dealkylation sites (N-methyl/N-ethyl adjacent to an activating group) is 1. The molecule has 17 heavy (non-hydrogen) atoms. The zero-order valence-corrected chi connectivity index (χ0v) is 10.0. The third-order valence-corrected chi connectivity index (χ3v) is 3.41. The van der Waals surface area contributed by atoms with Crippen molar-refractivity contribution in [1.82, 2.24) is 4.90 Å². The second-order valence-electron chi connectivity index (χ2n) is 4.78. The molecular formula is C11H18F3NO2. The first-order valence-corrected chi connectivity index (χ1v) is 5.74. The number of nitrogens with zero attached hydrogens (tertiary/aromatic N) is 1. The molecule has 0 aromatic heterocycles. The predicted octanol–water partition coefficient (Wildman–Crippen LogP) is 2.09. The van der Waals surface area contributed by atoms with Gasteiger partial charge in [0, 0.05) is 13.1 Å². The Hall–Kier alpha value is -0.780. The van der Waals surface area contributed by atoms with Gasteiger partial charge in [0.1, 0.15) is 0 Å². The lowest BCUT2D eigenvalue weighted by molar-refractivity contribution is -0.250. The summed E-state index contributed by atoms with van der Waals surface area (Å²) in [6, 6.07) is -0.190. The molecule has 1 amide bonds. The molecule has 1 aliphatic rings. The fraction of sp³-hybridized carbons (Fsp3) is 0.909. The predicted molar refractivity (Wildman–Crippen MR) is 56.3 cm³/mol. The Labute approximate surface area is 98.6 Å². The molecular weight excluding hydrogens is 235 g/mol. The van der Waals surface area contributed by atoms with Crippen molar-refractivity contribution in [2.75, 3.05) is 7.05 Å². The minimum absolute atomic E-state index is 0.190. The van der Waals surface area contributed by atoms with Gasteiger partial charge in [-0.1, -0.05) is 19.3 Å². The second kappa shape index (κ2) is 4.84. The van der Waals surface area contributed by atoms with Crippen LogP contribution in [0.25, 0.3) is 0 Å². The number of halogens is 3. The van der Waals surface area contributed by atoms with E-state index >= 15 is 0 Å². The number of hydrogen-bond donors (Lipinski definition) is 1. The topological polar surface area (TPSA) is 40.5 Å². The highest BCUT2D eigenvalue weighted by molar-refractivity contribution is 5.85. The summed E-state index contributed by atoms with van der Waals surface area (Å²) in [6.07, 6.45) is -0.652. The SMILES string of the molecule is CN(C(=O)C(C)(O)C(F)(F)F)C1CCCCC1. The molecule has 0 aromatic carbocycles. The van der Waals surface area contributed by atoms with Crippen molar-refractivity contribution in [2.45, 2.75) is 56.8 Å². The van der Waals surface area contributed by atoms with Crippen LogP contribution in [0.5, 0.6) is 0 Å². The molecule has 0 aliphatic heterocycles. The lowest BCUT2D eigenvalue weighted by Gasteiger charge is -2.36. The summed E-state index contributed by atoms with van der Waals surface area (Å²) in [5, 5.41) is 9.30. The van der Waals surface area contributed by atoms with E-state index in [1.807, 2.05) is 0 Å². The molecule has 6 heteroatoms. The van der Waals surface area contributed by atoms with Gasteiger partial charge in [0.25, 0.3) is 5.91 Å². The van der Waals surface area contributed by atoms with E-state index in [0.717, 1.165) is 24.2 Å². The smallest absolute Gasteiger partial charge is 0.373 e. The highest BCUT2D eigenvalue weighted by Gasteiger charge is 2.57. The van der Waals surface area contributed by atoms with Crippen LogP contribution in [0.2, 0.25) is 0 Å². The largest absolute Gasteiger partial charge is 0.426 e. The van der Waals surface area contributed by atoms with Crippen molar-refractivity contribution >= 4 is 5.91 Å². The fourth-order valence-corrected chi connectivity index (χ4v) is 2.10. The average Bonchev–Trinajstić information content (AvgIpc) is 2.26. The Kier molecular flexibility index (Phi) is 4.06. The van der Waals surface area contributed by atoms with Crippen molar-refractivity contribution in [3.8, 4) is 0 Å². The first kappa shape index (κ1) is 14.3.